The molecule has 1 aromatic carbocycles. The van der Waals surface area contributed by atoms with E-state index in [1.165, 1.54) is 0 Å². The van der Waals surface area contributed by atoms with Crippen molar-refractivity contribution in [3.05, 3.63) is 28.2 Å². The quantitative estimate of drug-likeness (QED) is 0.847. The zero-order valence-electron chi connectivity index (χ0n) is 12.1. The Hall–Kier alpha value is -1.11. The van der Waals surface area contributed by atoms with Crippen molar-refractivity contribution in [2.75, 3.05) is 19.8 Å². The maximum Gasteiger partial charge on any atom is 0.258 e. The van der Waals surface area contributed by atoms with Crippen molar-refractivity contribution in [2.24, 2.45) is 5.73 Å². The molecule has 0 bridgehead atoms. The van der Waals surface area contributed by atoms with Crippen LogP contribution < -0.4 is 15.8 Å². The summed E-state index contributed by atoms with van der Waals surface area (Å²) in [7, 11) is 0. The van der Waals surface area contributed by atoms with Gasteiger partial charge >= 0.3 is 0 Å². The van der Waals surface area contributed by atoms with E-state index in [0.717, 1.165) is 22.9 Å². The molecule has 1 aliphatic rings. The SMILES string of the molecule is CC(N)c1cc(Br)ccc1OCC(=O)NC1CCOCC1. The highest BCUT2D eigenvalue weighted by molar-refractivity contribution is 9.10. The van der Waals surface area contributed by atoms with Gasteiger partial charge < -0.3 is 20.5 Å². The van der Waals surface area contributed by atoms with Crippen molar-refractivity contribution < 1.29 is 14.3 Å². The average molecular weight is 357 g/mol. The van der Waals surface area contributed by atoms with Crippen LogP contribution >= 0.6 is 15.9 Å². The number of rotatable bonds is 5. The third kappa shape index (κ3) is 4.98. The normalized spacial score (nSPS) is 17.3. The molecule has 0 radical (unpaired) electrons. The predicted molar refractivity (Wildman–Crippen MR) is 84.2 cm³/mol. The first kappa shape index (κ1) is 16.3. The average Bonchev–Trinajstić information content (AvgIpc) is 2.47. The molecule has 1 heterocycles. The molecular formula is C15H21BrN2O3. The summed E-state index contributed by atoms with van der Waals surface area (Å²) in [6.45, 7) is 3.29. The van der Waals surface area contributed by atoms with Gasteiger partial charge in [0, 0.05) is 35.3 Å². The first-order valence-electron chi connectivity index (χ1n) is 7.11. The van der Waals surface area contributed by atoms with Crippen LogP contribution in [0, 0.1) is 0 Å². The van der Waals surface area contributed by atoms with E-state index in [2.05, 4.69) is 21.2 Å². The number of amides is 1. The van der Waals surface area contributed by atoms with Crippen molar-refractivity contribution in [1.29, 1.82) is 0 Å². The molecule has 6 heteroatoms. The minimum atomic E-state index is -0.156. The van der Waals surface area contributed by atoms with Crippen LogP contribution in [-0.2, 0) is 9.53 Å². The number of carbonyl (C=O) groups excluding carboxylic acids is 1. The molecule has 0 aliphatic carbocycles. The second-order valence-corrected chi connectivity index (χ2v) is 6.13. The number of benzene rings is 1. The van der Waals surface area contributed by atoms with Crippen LogP contribution in [0.15, 0.2) is 22.7 Å². The highest BCUT2D eigenvalue weighted by Gasteiger charge is 2.17. The monoisotopic (exact) mass is 356 g/mol. The summed E-state index contributed by atoms with van der Waals surface area (Å²) in [6.07, 6.45) is 1.71. The van der Waals surface area contributed by atoms with E-state index >= 15 is 0 Å². The highest BCUT2D eigenvalue weighted by atomic mass is 79.9. The first-order chi connectivity index (χ1) is 10.1. The van der Waals surface area contributed by atoms with Gasteiger partial charge in [-0.05, 0) is 38.0 Å². The molecule has 21 heavy (non-hydrogen) atoms. The second kappa shape index (κ2) is 7.77. The van der Waals surface area contributed by atoms with E-state index in [0.29, 0.717) is 19.0 Å². The van der Waals surface area contributed by atoms with Gasteiger partial charge in [0.15, 0.2) is 6.61 Å². The molecular weight excluding hydrogens is 336 g/mol. The minimum absolute atomic E-state index is 0.00128. The first-order valence-corrected chi connectivity index (χ1v) is 7.90. The summed E-state index contributed by atoms with van der Waals surface area (Å²) in [5.74, 6) is 0.538. The van der Waals surface area contributed by atoms with Crippen LogP contribution in [0.5, 0.6) is 5.75 Å². The van der Waals surface area contributed by atoms with E-state index in [1.54, 1.807) is 0 Å². The van der Waals surface area contributed by atoms with E-state index in [9.17, 15) is 4.79 Å². The number of hydrogen-bond acceptors (Lipinski definition) is 4. The molecule has 0 spiro atoms. The van der Waals surface area contributed by atoms with Crippen molar-refractivity contribution in [3.8, 4) is 5.75 Å². The number of hydrogen-bond donors (Lipinski definition) is 2. The third-order valence-corrected chi connectivity index (χ3v) is 3.90. The van der Waals surface area contributed by atoms with Gasteiger partial charge in [0.05, 0.1) is 0 Å². The summed E-state index contributed by atoms with van der Waals surface area (Å²) < 4.78 is 11.8. The third-order valence-electron chi connectivity index (χ3n) is 3.41. The molecule has 0 saturated carbocycles. The van der Waals surface area contributed by atoms with Crippen LogP contribution in [0.1, 0.15) is 31.4 Å². The van der Waals surface area contributed by atoms with Crippen LogP contribution in [0.25, 0.3) is 0 Å². The Morgan fingerprint density at radius 3 is 2.90 bits per heavy atom. The standard InChI is InChI=1S/C15H21BrN2O3/c1-10(17)13-8-11(16)2-3-14(13)21-9-15(19)18-12-4-6-20-7-5-12/h2-3,8,10,12H,4-7,9,17H2,1H3,(H,18,19). The summed E-state index contributed by atoms with van der Waals surface area (Å²) in [5.41, 5.74) is 6.80. The number of halogens is 1. The zero-order chi connectivity index (χ0) is 15.2. The van der Waals surface area contributed by atoms with Gasteiger partial charge in [-0.25, -0.2) is 0 Å². The molecule has 1 aromatic rings. The van der Waals surface area contributed by atoms with Crippen molar-refractivity contribution in [1.82, 2.24) is 5.32 Å². The fourth-order valence-corrected chi connectivity index (χ4v) is 2.64. The molecule has 1 amide bonds. The molecule has 0 aromatic heterocycles. The van der Waals surface area contributed by atoms with Crippen LogP contribution in [0.3, 0.4) is 0 Å². The predicted octanol–water partition coefficient (Wildman–Crippen LogP) is 2.14. The maximum absolute atomic E-state index is 11.9. The summed E-state index contributed by atoms with van der Waals surface area (Å²) >= 11 is 3.41. The molecule has 1 unspecified atom stereocenters. The van der Waals surface area contributed by atoms with E-state index in [1.807, 2.05) is 25.1 Å². The Morgan fingerprint density at radius 1 is 1.52 bits per heavy atom. The van der Waals surface area contributed by atoms with Crippen LogP contribution in [-0.4, -0.2) is 31.8 Å². The lowest BCUT2D eigenvalue weighted by atomic mass is 10.1. The Labute approximate surface area is 133 Å². The molecule has 1 saturated heterocycles. The van der Waals surface area contributed by atoms with Gasteiger partial charge in [-0.15, -0.1) is 0 Å². The smallest absolute Gasteiger partial charge is 0.258 e. The number of nitrogens with one attached hydrogen (secondary N) is 1. The lowest BCUT2D eigenvalue weighted by molar-refractivity contribution is -0.124. The van der Waals surface area contributed by atoms with Gasteiger partial charge in [0.2, 0.25) is 0 Å². The lowest BCUT2D eigenvalue weighted by Crippen LogP contribution is -2.41. The Balaban J connectivity index is 1.88. The number of nitrogens with two attached hydrogens (primary N) is 1. The van der Waals surface area contributed by atoms with Gasteiger partial charge in [0.25, 0.3) is 5.91 Å². The van der Waals surface area contributed by atoms with Gasteiger partial charge in [-0.2, -0.15) is 0 Å². The van der Waals surface area contributed by atoms with Gasteiger partial charge in [0.1, 0.15) is 5.75 Å². The van der Waals surface area contributed by atoms with Gasteiger partial charge in [-0.3, -0.25) is 4.79 Å². The second-order valence-electron chi connectivity index (χ2n) is 5.21. The molecule has 5 nitrogen and oxygen atoms in total. The topological polar surface area (TPSA) is 73.6 Å². The fraction of sp³-hybridized carbons (Fsp3) is 0.533. The highest BCUT2D eigenvalue weighted by Crippen LogP contribution is 2.27. The molecule has 116 valence electrons. The number of ether oxygens (including phenoxy) is 2. The molecule has 3 N–H and O–H groups in total. The summed E-state index contributed by atoms with van der Waals surface area (Å²) in [5, 5.41) is 2.96. The number of carbonyl (C=O) groups is 1. The van der Waals surface area contributed by atoms with Crippen molar-refractivity contribution in [3.63, 3.8) is 0 Å². The Morgan fingerprint density at radius 2 is 2.24 bits per heavy atom. The Bertz CT molecular complexity index is 488. The van der Waals surface area contributed by atoms with E-state index < -0.39 is 0 Å². The summed E-state index contributed by atoms with van der Waals surface area (Å²) in [4.78, 5) is 11.9. The fourth-order valence-electron chi connectivity index (χ4n) is 2.26. The zero-order valence-corrected chi connectivity index (χ0v) is 13.7. The molecule has 1 aliphatic heterocycles. The van der Waals surface area contributed by atoms with E-state index in [4.69, 9.17) is 15.2 Å². The van der Waals surface area contributed by atoms with Crippen LogP contribution in [0.2, 0.25) is 0 Å². The molecule has 2 rings (SSSR count). The molecule has 1 atom stereocenters. The lowest BCUT2D eigenvalue weighted by Gasteiger charge is -2.23. The van der Waals surface area contributed by atoms with Crippen molar-refractivity contribution in [2.45, 2.75) is 31.8 Å². The summed E-state index contributed by atoms with van der Waals surface area (Å²) in [6, 6.07) is 5.64. The Kier molecular flexibility index (Phi) is 6.02. The van der Waals surface area contributed by atoms with E-state index in [-0.39, 0.29) is 24.6 Å². The molecule has 1 fully saturated rings. The van der Waals surface area contributed by atoms with Gasteiger partial charge in [-0.1, -0.05) is 15.9 Å². The van der Waals surface area contributed by atoms with Crippen molar-refractivity contribution >= 4 is 21.8 Å². The van der Waals surface area contributed by atoms with Crippen LogP contribution in [0.4, 0.5) is 0 Å². The maximum atomic E-state index is 11.9. The minimum Gasteiger partial charge on any atom is -0.483 e. The largest absolute Gasteiger partial charge is 0.483 e.